The average molecular weight is 556 g/mol. The zero-order valence-electron chi connectivity index (χ0n) is 23.7. The summed E-state index contributed by atoms with van der Waals surface area (Å²) in [7, 11) is 0. The minimum absolute atomic E-state index is 0.390. The second-order valence-electron chi connectivity index (χ2n) is 14.1. The average Bonchev–Trinajstić information content (AvgIpc) is 3.20. The molecule has 4 aliphatic rings. The Morgan fingerprint density at radius 1 is 0.944 bits per heavy atom. The highest BCUT2D eigenvalue weighted by molar-refractivity contribution is 9.10. The molecule has 36 heavy (non-hydrogen) atoms. The SMILES string of the molecule is CC(C)CCC[C@@H](C)[C@H]1CC[C@H]2[C@@H]3CC=C4C[C@@H](OCc5ccc(Br)cc5)CC[C@]4(C)[C@H]3CC[C@]12C. The number of rotatable bonds is 8. The number of hydrogen-bond acceptors (Lipinski definition) is 1. The predicted octanol–water partition coefficient (Wildman–Crippen LogP) is 10.4. The van der Waals surface area contributed by atoms with Crippen LogP contribution in [0.2, 0.25) is 0 Å². The standard InChI is InChI=1S/C34H51BrO/c1-23(2)7-6-8-24(3)30-15-16-31-29-14-11-26-21-28(36-22-25-9-12-27(35)13-10-25)17-19-33(26,4)32(29)18-20-34(30,31)5/h9-13,23-24,28-32H,6-8,14-22H2,1-5H3/t24-,28+,29+,30-,31+,32+,33+,34-/m1/s1. The zero-order valence-corrected chi connectivity index (χ0v) is 25.3. The molecule has 5 rings (SSSR count). The molecule has 0 N–H and O–H groups in total. The summed E-state index contributed by atoms with van der Waals surface area (Å²) in [6.07, 6.45) is 18.4. The molecule has 4 aliphatic carbocycles. The number of hydrogen-bond donors (Lipinski definition) is 0. The summed E-state index contributed by atoms with van der Waals surface area (Å²) in [6, 6.07) is 8.61. The second-order valence-corrected chi connectivity index (χ2v) is 15.0. The molecule has 0 unspecified atom stereocenters. The molecule has 0 aromatic heterocycles. The van der Waals surface area contributed by atoms with Crippen LogP contribution in [0.1, 0.15) is 111 Å². The van der Waals surface area contributed by atoms with Gasteiger partial charge in [-0.2, -0.15) is 0 Å². The highest BCUT2D eigenvalue weighted by Gasteiger charge is 2.59. The highest BCUT2D eigenvalue weighted by Crippen LogP contribution is 2.67. The van der Waals surface area contributed by atoms with Crippen molar-refractivity contribution < 1.29 is 4.74 Å². The summed E-state index contributed by atoms with van der Waals surface area (Å²) in [5, 5.41) is 0. The first-order valence-corrected chi connectivity index (χ1v) is 16.1. The minimum Gasteiger partial charge on any atom is -0.373 e. The lowest BCUT2D eigenvalue weighted by Gasteiger charge is -2.58. The zero-order chi connectivity index (χ0) is 25.5. The van der Waals surface area contributed by atoms with Crippen molar-refractivity contribution in [1.29, 1.82) is 0 Å². The van der Waals surface area contributed by atoms with E-state index in [1.54, 1.807) is 5.57 Å². The van der Waals surface area contributed by atoms with E-state index < -0.39 is 0 Å². The Morgan fingerprint density at radius 2 is 1.72 bits per heavy atom. The van der Waals surface area contributed by atoms with Crippen LogP contribution in [-0.2, 0) is 11.3 Å². The van der Waals surface area contributed by atoms with Crippen molar-refractivity contribution in [2.75, 3.05) is 0 Å². The van der Waals surface area contributed by atoms with E-state index in [1.165, 1.54) is 69.8 Å². The van der Waals surface area contributed by atoms with Gasteiger partial charge in [-0.25, -0.2) is 0 Å². The summed E-state index contributed by atoms with van der Waals surface area (Å²) in [5.41, 5.74) is 4.04. The van der Waals surface area contributed by atoms with E-state index in [-0.39, 0.29) is 0 Å². The first kappa shape index (κ1) is 27.0. The van der Waals surface area contributed by atoms with Gasteiger partial charge in [-0.15, -0.1) is 0 Å². The van der Waals surface area contributed by atoms with E-state index in [9.17, 15) is 0 Å². The highest BCUT2D eigenvalue weighted by atomic mass is 79.9. The van der Waals surface area contributed by atoms with Gasteiger partial charge in [-0.1, -0.05) is 93.6 Å². The summed E-state index contributed by atoms with van der Waals surface area (Å²) < 4.78 is 7.59. The van der Waals surface area contributed by atoms with Gasteiger partial charge >= 0.3 is 0 Å². The molecule has 0 amide bonds. The third-order valence-electron chi connectivity index (χ3n) is 11.7. The summed E-state index contributed by atoms with van der Waals surface area (Å²) >= 11 is 3.54. The first-order chi connectivity index (χ1) is 17.2. The van der Waals surface area contributed by atoms with Crippen LogP contribution in [0.15, 0.2) is 40.4 Å². The van der Waals surface area contributed by atoms with Crippen molar-refractivity contribution in [3.63, 3.8) is 0 Å². The van der Waals surface area contributed by atoms with Crippen LogP contribution >= 0.6 is 15.9 Å². The van der Waals surface area contributed by atoms with E-state index in [0.717, 1.165) is 53.0 Å². The molecule has 0 spiro atoms. The fraction of sp³-hybridized carbons (Fsp3) is 0.765. The quantitative estimate of drug-likeness (QED) is 0.290. The van der Waals surface area contributed by atoms with Gasteiger partial charge in [-0.05, 0) is 115 Å². The molecular weight excluding hydrogens is 504 g/mol. The summed E-state index contributed by atoms with van der Waals surface area (Å²) in [6.45, 7) is 13.5. The number of benzene rings is 1. The predicted molar refractivity (Wildman–Crippen MR) is 156 cm³/mol. The molecule has 200 valence electrons. The largest absolute Gasteiger partial charge is 0.373 e. The maximum Gasteiger partial charge on any atom is 0.0720 e. The molecule has 8 atom stereocenters. The number of halogens is 1. The Hall–Kier alpha value is -0.600. The van der Waals surface area contributed by atoms with Crippen LogP contribution in [0.25, 0.3) is 0 Å². The topological polar surface area (TPSA) is 9.23 Å². The Morgan fingerprint density at radius 3 is 2.47 bits per heavy atom. The van der Waals surface area contributed by atoms with Crippen molar-refractivity contribution in [1.82, 2.24) is 0 Å². The second kappa shape index (κ2) is 10.9. The van der Waals surface area contributed by atoms with Gasteiger partial charge < -0.3 is 4.74 Å². The Kier molecular flexibility index (Phi) is 8.15. The van der Waals surface area contributed by atoms with Crippen LogP contribution in [0.4, 0.5) is 0 Å². The third kappa shape index (κ3) is 5.16. The van der Waals surface area contributed by atoms with Gasteiger partial charge in [0, 0.05) is 4.47 Å². The molecule has 3 saturated carbocycles. The van der Waals surface area contributed by atoms with Crippen LogP contribution in [0.3, 0.4) is 0 Å². The lowest BCUT2D eigenvalue weighted by molar-refractivity contribution is -0.0656. The van der Waals surface area contributed by atoms with Gasteiger partial charge in [0.15, 0.2) is 0 Å². The van der Waals surface area contributed by atoms with Crippen molar-refractivity contribution in [3.8, 4) is 0 Å². The van der Waals surface area contributed by atoms with Crippen molar-refractivity contribution in [2.45, 2.75) is 118 Å². The molecule has 0 bridgehead atoms. The molecule has 0 aliphatic heterocycles. The van der Waals surface area contributed by atoms with Crippen LogP contribution in [0.5, 0.6) is 0 Å². The van der Waals surface area contributed by atoms with E-state index >= 15 is 0 Å². The molecule has 0 heterocycles. The third-order valence-corrected chi connectivity index (χ3v) is 12.2. The monoisotopic (exact) mass is 554 g/mol. The molecule has 1 aromatic rings. The summed E-state index contributed by atoms with van der Waals surface area (Å²) in [4.78, 5) is 0. The van der Waals surface area contributed by atoms with Crippen LogP contribution < -0.4 is 0 Å². The van der Waals surface area contributed by atoms with Crippen molar-refractivity contribution >= 4 is 15.9 Å². The molecule has 0 saturated heterocycles. The van der Waals surface area contributed by atoms with Gasteiger partial charge in [-0.3, -0.25) is 0 Å². The van der Waals surface area contributed by atoms with Crippen molar-refractivity contribution in [3.05, 3.63) is 46.0 Å². The lowest BCUT2D eigenvalue weighted by Crippen LogP contribution is -2.51. The molecule has 2 heteroatoms. The maximum atomic E-state index is 6.46. The summed E-state index contributed by atoms with van der Waals surface area (Å²) in [5.74, 6) is 5.48. The number of ether oxygens (including phenoxy) is 1. The Bertz CT molecular complexity index is 918. The van der Waals surface area contributed by atoms with E-state index in [2.05, 4.69) is 80.9 Å². The van der Waals surface area contributed by atoms with Crippen LogP contribution in [0, 0.1) is 46.3 Å². The molecule has 0 radical (unpaired) electrons. The molecule has 3 fully saturated rings. The van der Waals surface area contributed by atoms with E-state index in [1.807, 2.05) is 0 Å². The van der Waals surface area contributed by atoms with Crippen LogP contribution in [-0.4, -0.2) is 6.10 Å². The fourth-order valence-electron chi connectivity index (χ4n) is 9.59. The van der Waals surface area contributed by atoms with E-state index in [4.69, 9.17) is 4.74 Å². The van der Waals surface area contributed by atoms with Gasteiger partial charge in [0.2, 0.25) is 0 Å². The Labute approximate surface area is 230 Å². The van der Waals surface area contributed by atoms with Gasteiger partial charge in [0.1, 0.15) is 0 Å². The molecule has 1 aromatic carbocycles. The minimum atomic E-state index is 0.390. The van der Waals surface area contributed by atoms with E-state index in [0.29, 0.717) is 16.9 Å². The number of allylic oxidation sites excluding steroid dienone is 1. The fourth-order valence-corrected chi connectivity index (χ4v) is 9.85. The first-order valence-electron chi connectivity index (χ1n) is 15.3. The molecule has 1 nitrogen and oxygen atoms in total. The molecular formula is C34H51BrO. The normalized spacial score (nSPS) is 38.8. The lowest BCUT2D eigenvalue weighted by atomic mass is 9.47. The van der Waals surface area contributed by atoms with Crippen molar-refractivity contribution in [2.24, 2.45) is 46.3 Å². The number of fused-ring (bicyclic) bond motifs is 5. The van der Waals surface area contributed by atoms with Gasteiger partial charge in [0.05, 0.1) is 12.7 Å². The maximum absolute atomic E-state index is 6.46. The smallest absolute Gasteiger partial charge is 0.0720 e. The van der Waals surface area contributed by atoms with Gasteiger partial charge in [0.25, 0.3) is 0 Å². The Balaban J connectivity index is 1.23.